The third kappa shape index (κ3) is 3.61. The number of carbonyl (C=O) groups is 1. The van der Waals surface area contributed by atoms with Gasteiger partial charge < -0.3 is 18.7 Å². The van der Waals surface area contributed by atoms with E-state index in [4.69, 9.17) is 9.26 Å². The first kappa shape index (κ1) is 19.0. The number of morpholine rings is 1. The number of aromatic nitrogens is 4. The predicted molar refractivity (Wildman–Crippen MR) is 113 cm³/mol. The van der Waals surface area contributed by atoms with Gasteiger partial charge in [-0.2, -0.15) is 4.98 Å². The molecule has 4 aromatic rings. The molecule has 3 aromatic heterocycles. The first-order valence-electron chi connectivity index (χ1n) is 9.88. The van der Waals surface area contributed by atoms with Crippen LogP contribution in [0.15, 0.2) is 40.5 Å². The zero-order valence-corrected chi connectivity index (χ0v) is 17.4. The Morgan fingerprint density at radius 1 is 1.23 bits per heavy atom. The molecule has 0 saturated carbocycles. The minimum absolute atomic E-state index is 0.153. The van der Waals surface area contributed by atoms with E-state index in [0.717, 1.165) is 27.0 Å². The molecule has 1 aromatic carbocycles. The number of imidazole rings is 1. The van der Waals surface area contributed by atoms with Gasteiger partial charge >= 0.3 is 0 Å². The first-order valence-corrected chi connectivity index (χ1v) is 10.8. The van der Waals surface area contributed by atoms with Crippen LogP contribution in [-0.4, -0.2) is 56.8 Å². The molecule has 0 atom stereocenters. The summed E-state index contributed by atoms with van der Waals surface area (Å²) in [6.07, 6.45) is 2.22. The average molecular weight is 423 g/mol. The molecule has 1 amide bonds. The maximum absolute atomic E-state index is 12.4. The summed E-state index contributed by atoms with van der Waals surface area (Å²) < 4.78 is 12.8. The van der Waals surface area contributed by atoms with Crippen molar-refractivity contribution in [3.63, 3.8) is 0 Å². The Bertz CT molecular complexity index is 1190. The van der Waals surface area contributed by atoms with E-state index >= 15 is 0 Å². The number of hydrogen-bond acceptors (Lipinski definition) is 7. The summed E-state index contributed by atoms with van der Waals surface area (Å²) in [5.41, 5.74) is 3.79. The van der Waals surface area contributed by atoms with Crippen molar-refractivity contribution in [2.45, 2.75) is 19.9 Å². The van der Waals surface area contributed by atoms with Crippen LogP contribution in [-0.2, 0) is 16.1 Å². The van der Waals surface area contributed by atoms with Gasteiger partial charge in [0.15, 0.2) is 0 Å². The van der Waals surface area contributed by atoms with Crippen molar-refractivity contribution in [3.05, 3.63) is 41.5 Å². The van der Waals surface area contributed by atoms with E-state index < -0.39 is 0 Å². The zero-order valence-electron chi connectivity index (χ0n) is 16.6. The number of ether oxygens (including phenoxy) is 1. The van der Waals surface area contributed by atoms with Gasteiger partial charge in [0.05, 0.1) is 35.5 Å². The largest absolute Gasteiger partial charge is 0.378 e. The summed E-state index contributed by atoms with van der Waals surface area (Å²) in [5, 5.41) is 6.14. The topological polar surface area (TPSA) is 86.3 Å². The molecule has 0 N–H and O–H groups in total. The number of nitrogens with zero attached hydrogens (tertiary/aromatic N) is 5. The van der Waals surface area contributed by atoms with Crippen molar-refractivity contribution in [2.75, 3.05) is 26.3 Å². The highest BCUT2D eigenvalue weighted by atomic mass is 32.1. The summed E-state index contributed by atoms with van der Waals surface area (Å²) in [6, 6.07) is 7.93. The molecule has 30 heavy (non-hydrogen) atoms. The fourth-order valence-corrected chi connectivity index (χ4v) is 4.44. The molecule has 0 aliphatic carbocycles. The Balaban J connectivity index is 1.32. The van der Waals surface area contributed by atoms with Crippen LogP contribution < -0.4 is 0 Å². The van der Waals surface area contributed by atoms with E-state index in [0.29, 0.717) is 51.0 Å². The fraction of sp³-hybridized carbons (Fsp3) is 0.333. The maximum atomic E-state index is 12.4. The molecule has 1 saturated heterocycles. The maximum Gasteiger partial charge on any atom is 0.268 e. The van der Waals surface area contributed by atoms with Gasteiger partial charge in [-0.1, -0.05) is 5.16 Å². The Morgan fingerprint density at radius 2 is 2.10 bits per heavy atom. The van der Waals surface area contributed by atoms with Gasteiger partial charge in [-0.3, -0.25) is 4.79 Å². The minimum atomic E-state index is 0.153. The smallest absolute Gasteiger partial charge is 0.268 e. The summed E-state index contributed by atoms with van der Waals surface area (Å²) >= 11 is 1.59. The number of rotatable bonds is 5. The lowest BCUT2D eigenvalue weighted by Crippen LogP contribution is -2.40. The van der Waals surface area contributed by atoms with Crippen LogP contribution in [0, 0.1) is 6.92 Å². The van der Waals surface area contributed by atoms with Gasteiger partial charge in [0, 0.05) is 31.6 Å². The van der Waals surface area contributed by atoms with Crippen LogP contribution in [0.25, 0.3) is 33.2 Å². The summed E-state index contributed by atoms with van der Waals surface area (Å²) in [5.74, 6) is 1.22. The van der Waals surface area contributed by atoms with Gasteiger partial charge in [0.25, 0.3) is 5.89 Å². The summed E-state index contributed by atoms with van der Waals surface area (Å²) in [7, 11) is 0. The van der Waals surface area contributed by atoms with E-state index in [1.165, 1.54) is 0 Å². The molecule has 1 aliphatic rings. The molecule has 5 rings (SSSR count). The second kappa shape index (κ2) is 8.00. The van der Waals surface area contributed by atoms with Gasteiger partial charge in [0.2, 0.25) is 11.7 Å². The third-order valence-corrected chi connectivity index (χ3v) is 6.30. The predicted octanol–water partition coefficient (Wildman–Crippen LogP) is 3.37. The quantitative estimate of drug-likeness (QED) is 0.489. The molecule has 1 aliphatic heterocycles. The highest BCUT2D eigenvalue weighted by Gasteiger charge is 2.18. The van der Waals surface area contributed by atoms with Crippen LogP contribution >= 0.6 is 11.3 Å². The Morgan fingerprint density at radius 3 is 2.90 bits per heavy atom. The molecular weight excluding hydrogens is 402 g/mol. The molecule has 0 bridgehead atoms. The molecule has 0 unspecified atom stereocenters. The Hall–Kier alpha value is -3.04. The van der Waals surface area contributed by atoms with Crippen molar-refractivity contribution in [1.29, 1.82) is 0 Å². The Labute approximate surface area is 177 Å². The van der Waals surface area contributed by atoms with Gasteiger partial charge in [0.1, 0.15) is 0 Å². The number of aryl methyl sites for hydroxylation is 2. The summed E-state index contributed by atoms with van der Waals surface area (Å²) in [6.45, 7) is 5.20. The van der Waals surface area contributed by atoms with Crippen molar-refractivity contribution >= 4 is 28.3 Å². The lowest BCUT2D eigenvalue weighted by atomic mass is 10.2. The van der Waals surface area contributed by atoms with E-state index in [9.17, 15) is 4.79 Å². The van der Waals surface area contributed by atoms with Crippen LogP contribution in [0.2, 0.25) is 0 Å². The van der Waals surface area contributed by atoms with Crippen molar-refractivity contribution in [1.82, 2.24) is 24.6 Å². The molecule has 0 radical (unpaired) electrons. The normalized spacial score (nSPS) is 14.5. The molecular formula is C21H21N5O3S. The van der Waals surface area contributed by atoms with Crippen LogP contribution in [0.4, 0.5) is 0 Å². The van der Waals surface area contributed by atoms with Crippen molar-refractivity contribution in [2.24, 2.45) is 0 Å². The second-order valence-corrected chi connectivity index (χ2v) is 8.16. The summed E-state index contributed by atoms with van der Waals surface area (Å²) in [4.78, 5) is 24.3. The fourth-order valence-electron chi connectivity index (χ4n) is 3.59. The van der Waals surface area contributed by atoms with Crippen LogP contribution in [0.3, 0.4) is 0 Å². The number of amides is 1. The average Bonchev–Trinajstić information content (AvgIpc) is 3.51. The van der Waals surface area contributed by atoms with E-state index in [1.54, 1.807) is 17.7 Å². The number of benzene rings is 1. The monoisotopic (exact) mass is 423 g/mol. The number of carbonyl (C=O) groups excluding carboxylic acids is 1. The molecule has 8 nitrogen and oxygen atoms in total. The highest BCUT2D eigenvalue weighted by Crippen LogP contribution is 2.30. The lowest BCUT2D eigenvalue weighted by Gasteiger charge is -2.26. The minimum Gasteiger partial charge on any atom is -0.378 e. The van der Waals surface area contributed by atoms with Gasteiger partial charge in [-0.05, 0) is 42.1 Å². The SMILES string of the molecule is Cc1ccsc1-c1nc(-c2ccc3c(c2)ncn3CCC(=O)N2CCOCC2)no1. The zero-order chi connectivity index (χ0) is 20.5. The van der Waals surface area contributed by atoms with E-state index in [2.05, 4.69) is 15.1 Å². The molecule has 1 fully saturated rings. The number of thiophene rings is 1. The van der Waals surface area contributed by atoms with E-state index in [1.807, 2.05) is 46.0 Å². The second-order valence-electron chi connectivity index (χ2n) is 7.24. The lowest BCUT2D eigenvalue weighted by molar-refractivity contribution is -0.135. The molecule has 9 heteroatoms. The van der Waals surface area contributed by atoms with Crippen molar-refractivity contribution in [3.8, 4) is 22.2 Å². The number of fused-ring (bicyclic) bond motifs is 1. The van der Waals surface area contributed by atoms with Crippen molar-refractivity contribution < 1.29 is 14.1 Å². The molecule has 0 spiro atoms. The Kier molecular flexibility index (Phi) is 5.06. The first-order chi connectivity index (χ1) is 14.7. The van der Waals surface area contributed by atoms with Gasteiger partial charge in [-0.15, -0.1) is 11.3 Å². The number of hydrogen-bond donors (Lipinski definition) is 0. The van der Waals surface area contributed by atoms with Crippen LogP contribution in [0.1, 0.15) is 12.0 Å². The molecule has 4 heterocycles. The van der Waals surface area contributed by atoms with E-state index in [-0.39, 0.29) is 5.91 Å². The molecule has 154 valence electrons. The highest BCUT2D eigenvalue weighted by molar-refractivity contribution is 7.13. The van der Waals surface area contributed by atoms with Gasteiger partial charge in [-0.25, -0.2) is 4.98 Å². The standard InChI is InChI=1S/C21H21N5O3S/c1-14-5-11-30-19(14)21-23-20(24-29-21)15-2-3-17-16(12-15)22-13-26(17)6-4-18(27)25-7-9-28-10-8-25/h2-3,5,11-13H,4,6-10H2,1H3. The third-order valence-electron chi connectivity index (χ3n) is 5.29. The van der Waals surface area contributed by atoms with Crippen LogP contribution in [0.5, 0.6) is 0 Å².